The normalized spacial score (nSPS) is 16.4. The molecule has 0 bridgehead atoms. The number of nitrogens with one attached hydrogen (secondary N) is 1. The highest BCUT2D eigenvalue weighted by molar-refractivity contribution is 5.85. The molecule has 0 radical (unpaired) electrons. The summed E-state index contributed by atoms with van der Waals surface area (Å²) >= 11 is 0. The molecule has 7 nitrogen and oxygen atoms in total. The molecular formula is C27H30N4O3. The van der Waals surface area contributed by atoms with Crippen LogP contribution < -0.4 is 19.5 Å². The van der Waals surface area contributed by atoms with E-state index in [1.807, 2.05) is 24.3 Å². The van der Waals surface area contributed by atoms with Gasteiger partial charge in [-0.25, -0.2) is 0 Å². The summed E-state index contributed by atoms with van der Waals surface area (Å²) in [7, 11) is 1.66. The highest BCUT2D eigenvalue weighted by Gasteiger charge is 2.20. The molecule has 3 aromatic rings. The molecule has 0 amide bonds. The molecule has 1 fully saturated rings. The number of aromatic nitrogens is 1. The number of likely N-dealkylation sites (tertiary alicyclic amines) is 1. The first-order valence-electron chi connectivity index (χ1n) is 11.9. The fourth-order valence-electron chi connectivity index (χ4n) is 4.81. The maximum Gasteiger partial charge on any atom is 0.161 e. The topological polar surface area (TPSA) is 79.6 Å². The Morgan fingerprint density at radius 2 is 1.94 bits per heavy atom. The number of hydrogen-bond acceptors (Lipinski definition) is 7. The Morgan fingerprint density at radius 1 is 1.12 bits per heavy atom. The van der Waals surface area contributed by atoms with E-state index < -0.39 is 0 Å². The SMILES string of the molecule is COc1ccc2ncc(C#N)c(CCN3CCC(NCc4ccc5c(c4)OCCO5)CC3)c2c1. The van der Waals surface area contributed by atoms with E-state index in [1.54, 1.807) is 13.3 Å². The minimum atomic E-state index is 0.505. The van der Waals surface area contributed by atoms with E-state index in [2.05, 4.69) is 33.4 Å². The molecule has 0 saturated carbocycles. The van der Waals surface area contributed by atoms with Gasteiger partial charge in [0.2, 0.25) is 0 Å². The third kappa shape index (κ3) is 4.93. The van der Waals surface area contributed by atoms with Crippen molar-refractivity contribution in [1.82, 2.24) is 15.2 Å². The van der Waals surface area contributed by atoms with Crippen molar-refractivity contribution in [3.8, 4) is 23.3 Å². The predicted octanol–water partition coefficient (Wildman–Crippen LogP) is 3.68. The van der Waals surface area contributed by atoms with Gasteiger partial charge in [-0.05, 0) is 73.8 Å². The third-order valence-corrected chi connectivity index (χ3v) is 6.77. The van der Waals surface area contributed by atoms with Gasteiger partial charge < -0.3 is 24.4 Å². The van der Waals surface area contributed by atoms with Crippen LogP contribution in [-0.2, 0) is 13.0 Å². The molecule has 0 spiro atoms. The first-order valence-corrected chi connectivity index (χ1v) is 11.9. The van der Waals surface area contributed by atoms with E-state index in [1.165, 1.54) is 5.56 Å². The van der Waals surface area contributed by atoms with Gasteiger partial charge >= 0.3 is 0 Å². The molecule has 5 rings (SSSR count). The highest BCUT2D eigenvalue weighted by Crippen LogP contribution is 2.31. The van der Waals surface area contributed by atoms with Gasteiger partial charge in [-0.1, -0.05) is 6.07 Å². The van der Waals surface area contributed by atoms with Crippen LogP contribution in [0, 0.1) is 11.3 Å². The van der Waals surface area contributed by atoms with Crippen LogP contribution in [0.25, 0.3) is 10.9 Å². The van der Waals surface area contributed by atoms with Crippen LogP contribution in [0.15, 0.2) is 42.6 Å². The van der Waals surface area contributed by atoms with E-state index in [9.17, 15) is 5.26 Å². The zero-order valence-electron chi connectivity index (χ0n) is 19.5. The quantitative estimate of drug-likeness (QED) is 0.579. The zero-order valence-corrected chi connectivity index (χ0v) is 19.5. The van der Waals surface area contributed by atoms with E-state index >= 15 is 0 Å². The molecule has 7 heteroatoms. The van der Waals surface area contributed by atoms with Crippen LogP contribution in [0.1, 0.15) is 29.5 Å². The van der Waals surface area contributed by atoms with Gasteiger partial charge in [0.05, 0.1) is 18.2 Å². The number of ether oxygens (including phenoxy) is 3. The van der Waals surface area contributed by atoms with Crippen LogP contribution in [0.2, 0.25) is 0 Å². The minimum Gasteiger partial charge on any atom is -0.497 e. The summed E-state index contributed by atoms with van der Waals surface area (Å²) in [5, 5.41) is 14.4. The van der Waals surface area contributed by atoms with Crippen LogP contribution in [-0.4, -0.2) is 55.9 Å². The smallest absolute Gasteiger partial charge is 0.161 e. The summed E-state index contributed by atoms with van der Waals surface area (Å²) in [6, 6.07) is 14.9. The van der Waals surface area contributed by atoms with Crippen molar-refractivity contribution in [2.45, 2.75) is 31.8 Å². The number of hydrogen-bond donors (Lipinski definition) is 1. The van der Waals surface area contributed by atoms with E-state index in [0.29, 0.717) is 24.8 Å². The fraction of sp³-hybridized carbons (Fsp3) is 0.407. The second-order valence-electron chi connectivity index (χ2n) is 8.87. The molecular weight excluding hydrogens is 428 g/mol. The first kappa shape index (κ1) is 22.5. The second kappa shape index (κ2) is 10.3. The molecule has 1 N–H and O–H groups in total. The van der Waals surface area contributed by atoms with Crippen LogP contribution >= 0.6 is 0 Å². The summed E-state index contributed by atoms with van der Waals surface area (Å²) in [6.45, 7) is 5.09. The maximum absolute atomic E-state index is 9.64. The largest absolute Gasteiger partial charge is 0.497 e. The van der Waals surface area contributed by atoms with Gasteiger partial charge in [0.15, 0.2) is 11.5 Å². The van der Waals surface area contributed by atoms with E-state index in [4.69, 9.17) is 14.2 Å². The number of fused-ring (bicyclic) bond motifs is 2. The lowest BCUT2D eigenvalue weighted by Gasteiger charge is -2.32. The molecule has 2 aliphatic heterocycles. The summed E-state index contributed by atoms with van der Waals surface area (Å²) in [5.41, 5.74) is 3.83. The molecule has 1 aromatic heterocycles. The third-order valence-electron chi connectivity index (χ3n) is 6.77. The Hall–Kier alpha value is -3.34. The van der Waals surface area contributed by atoms with Gasteiger partial charge in [0, 0.05) is 30.7 Å². The number of piperidine rings is 1. The summed E-state index contributed by atoms with van der Waals surface area (Å²) < 4.78 is 16.7. The molecule has 34 heavy (non-hydrogen) atoms. The van der Waals surface area contributed by atoms with Crippen molar-refractivity contribution >= 4 is 10.9 Å². The molecule has 2 aliphatic rings. The standard InChI is InChI=1S/C27H30N4O3/c1-32-22-3-4-25-24(15-22)23(20(16-28)18-30-25)8-11-31-9-6-21(7-10-31)29-17-19-2-5-26-27(14-19)34-13-12-33-26/h2-5,14-15,18,21,29H,6-13,17H2,1H3. The first-order chi connectivity index (χ1) is 16.7. The summed E-state index contributed by atoms with van der Waals surface area (Å²) in [6.07, 6.45) is 4.74. The molecule has 0 unspecified atom stereocenters. The fourth-order valence-corrected chi connectivity index (χ4v) is 4.81. The van der Waals surface area contributed by atoms with Gasteiger partial charge in [-0.2, -0.15) is 5.26 Å². The van der Waals surface area contributed by atoms with Gasteiger partial charge in [0.1, 0.15) is 25.0 Å². The lowest BCUT2D eigenvalue weighted by Crippen LogP contribution is -2.42. The lowest BCUT2D eigenvalue weighted by molar-refractivity contribution is 0.171. The van der Waals surface area contributed by atoms with E-state index in [-0.39, 0.29) is 0 Å². The summed E-state index contributed by atoms with van der Waals surface area (Å²) in [4.78, 5) is 6.94. The van der Waals surface area contributed by atoms with Crippen molar-refractivity contribution in [1.29, 1.82) is 5.26 Å². The zero-order chi connectivity index (χ0) is 23.3. The summed E-state index contributed by atoms with van der Waals surface area (Å²) in [5.74, 6) is 2.47. The Morgan fingerprint density at radius 3 is 2.74 bits per heavy atom. The van der Waals surface area contributed by atoms with Gasteiger partial charge in [0.25, 0.3) is 0 Å². The number of pyridine rings is 1. The molecule has 0 atom stereocenters. The number of nitrogens with zero attached hydrogens (tertiary/aromatic N) is 3. The van der Waals surface area contributed by atoms with Crippen molar-refractivity contribution in [3.05, 3.63) is 59.3 Å². The molecule has 176 valence electrons. The molecule has 1 saturated heterocycles. The van der Waals surface area contributed by atoms with Crippen molar-refractivity contribution in [2.24, 2.45) is 0 Å². The van der Waals surface area contributed by atoms with Crippen LogP contribution in [0.5, 0.6) is 17.2 Å². The Bertz CT molecular complexity index is 1200. The van der Waals surface area contributed by atoms with Crippen molar-refractivity contribution < 1.29 is 14.2 Å². The molecule has 3 heterocycles. The number of rotatable bonds is 7. The number of methoxy groups -OCH3 is 1. The average molecular weight is 459 g/mol. The Balaban J connectivity index is 1.15. The minimum absolute atomic E-state index is 0.505. The lowest BCUT2D eigenvalue weighted by atomic mass is 9.99. The molecule has 0 aliphatic carbocycles. The van der Waals surface area contributed by atoms with Gasteiger partial charge in [-0.3, -0.25) is 4.98 Å². The van der Waals surface area contributed by atoms with E-state index in [0.717, 1.165) is 79.2 Å². The maximum atomic E-state index is 9.64. The van der Waals surface area contributed by atoms with Crippen molar-refractivity contribution in [3.63, 3.8) is 0 Å². The Labute approximate surface area is 200 Å². The Kier molecular flexibility index (Phi) is 6.79. The average Bonchev–Trinajstić information content (AvgIpc) is 2.90. The van der Waals surface area contributed by atoms with Crippen molar-refractivity contribution in [2.75, 3.05) is 40.0 Å². The predicted molar refractivity (Wildman–Crippen MR) is 130 cm³/mol. The van der Waals surface area contributed by atoms with Crippen LogP contribution in [0.3, 0.4) is 0 Å². The second-order valence-corrected chi connectivity index (χ2v) is 8.87. The monoisotopic (exact) mass is 458 g/mol. The molecule has 2 aromatic carbocycles. The highest BCUT2D eigenvalue weighted by atomic mass is 16.6. The van der Waals surface area contributed by atoms with Crippen LogP contribution in [0.4, 0.5) is 0 Å². The van der Waals surface area contributed by atoms with Gasteiger partial charge in [-0.15, -0.1) is 0 Å². The number of nitriles is 1. The number of benzene rings is 2.